The Balaban J connectivity index is 2.69. The van der Waals surface area contributed by atoms with Crippen LogP contribution in [0.25, 0.3) is 11.0 Å². The van der Waals surface area contributed by atoms with Crippen molar-refractivity contribution in [3.8, 4) is 5.75 Å². The predicted octanol–water partition coefficient (Wildman–Crippen LogP) is 1.26. The molecule has 14 heavy (non-hydrogen) atoms. The first kappa shape index (κ1) is 9.15. The van der Waals surface area contributed by atoms with Gasteiger partial charge >= 0.3 is 6.92 Å². The summed E-state index contributed by atoms with van der Waals surface area (Å²) in [6.45, 7) is 1.19. The molecule has 1 aromatic carbocycles. The summed E-state index contributed by atoms with van der Waals surface area (Å²) in [7, 11) is 1.60. The Bertz CT molecular complexity index is 448. The van der Waals surface area contributed by atoms with Crippen LogP contribution in [0.15, 0.2) is 28.9 Å². The molecule has 0 spiro atoms. The minimum absolute atomic E-state index is 0.525. The molecule has 4 heteroatoms. The summed E-state index contributed by atoms with van der Waals surface area (Å²) in [4.78, 5) is 0. The van der Waals surface area contributed by atoms with Crippen LogP contribution in [0.4, 0.5) is 0 Å². The van der Waals surface area contributed by atoms with Gasteiger partial charge in [-0.05, 0) is 11.5 Å². The Kier molecular flexibility index (Phi) is 2.21. The lowest BCUT2D eigenvalue weighted by atomic mass is 9.64. The fourth-order valence-electron chi connectivity index (χ4n) is 1.53. The zero-order chi connectivity index (χ0) is 10.1. The van der Waals surface area contributed by atoms with E-state index in [0.29, 0.717) is 11.3 Å². The maximum atomic E-state index is 9.47. The molecule has 72 valence electrons. The molecule has 0 unspecified atom stereocenters. The summed E-state index contributed by atoms with van der Waals surface area (Å²) in [6.07, 6.45) is 1.57. The first-order valence-electron chi connectivity index (χ1n) is 4.46. The van der Waals surface area contributed by atoms with Crippen molar-refractivity contribution in [1.29, 1.82) is 0 Å². The average molecular weight is 190 g/mol. The molecule has 0 atom stereocenters. The molecule has 2 rings (SSSR count). The molecule has 0 aliphatic carbocycles. The van der Waals surface area contributed by atoms with Gasteiger partial charge in [0, 0.05) is 5.39 Å². The zero-order valence-electron chi connectivity index (χ0n) is 8.15. The van der Waals surface area contributed by atoms with Gasteiger partial charge in [0.2, 0.25) is 0 Å². The van der Waals surface area contributed by atoms with Crippen molar-refractivity contribution in [3.63, 3.8) is 0 Å². The van der Waals surface area contributed by atoms with Gasteiger partial charge in [0.05, 0.1) is 13.4 Å². The molecule has 2 aromatic rings. The van der Waals surface area contributed by atoms with Gasteiger partial charge < -0.3 is 14.2 Å². The number of fused-ring (bicyclic) bond motifs is 1. The molecule has 1 N–H and O–H groups in total. The van der Waals surface area contributed by atoms with Crippen molar-refractivity contribution in [2.45, 2.75) is 6.82 Å². The van der Waals surface area contributed by atoms with Crippen LogP contribution >= 0.6 is 0 Å². The highest BCUT2D eigenvalue weighted by Gasteiger charge is 2.15. The topological polar surface area (TPSA) is 42.6 Å². The molecule has 0 radical (unpaired) electrons. The number of benzene rings is 1. The molecule has 0 aliphatic rings. The van der Waals surface area contributed by atoms with E-state index in [1.54, 1.807) is 20.2 Å². The molecule has 0 bridgehead atoms. The summed E-state index contributed by atoms with van der Waals surface area (Å²) in [5.41, 5.74) is 1.48. The van der Waals surface area contributed by atoms with Gasteiger partial charge in [0.15, 0.2) is 11.3 Å². The minimum Gasteiger partial charge on any atom is -0.493 e. The van der Waals surface area contributed by atoms with Gasteiger partial charge in [-0.2, -0.15) is 0 Å². The van der Waals surface area contributed by atoms with E-state index in [-0.39, 0.29) is 0 Å². The van der Waals surface area contributed by atoms with E-state index in [2.05, 4.69) is 0 Å². The summed E-state index contributed by atoms with van der Waals surface area (Å²) in [5.74, 6) is 0.689. The van der Waals surface area contributed by atoms with Crippen molar-refractivity contribution >= 4 is 23.3 Å². The second-order valence-electron chi connectivity index (χ2n) is 3.20. The Hall–Kier alpha value is -1.42. The number of methoxy groups -OCH3 is 1. The molecular weight excluding hydrogens is 179 g/mol. The van der Waals surface area contributed by atoms with E-state index < -0.39 is 6.92 Å². The van der Waals surface area contributed by atoms with Crippen LogP contribution in [0.3, 0.4) is 0 Å². The normalized spacial score (nSPS) is 10.5. The molecule has 0 fully saturated rings. The van der Waals surface area contributed by atoms with Gasteiger partial charge in [0.1, 0.15) is 0 Å². The van der Waals surface area contributed by atoms with Gasteiger partial charge in [-0.1, -0.05) is 19.0 Å². The monoisotopic (exact) mass is 190 g/mol. The van der Waals surface area contributed by atoms with E-state index in [9.17, 15) is 5.02 Å². The number of hydrogen-bond donors (Lipinski definition) is 1. The zero-order valence-corrected chi connectivity index (χ0v) is 8.15. The molecule has 0 aliphatic heterocycles. The SMILES string of the molecule is COc1cccc2c(B(C)O)coc12. The maximum Gasteiger partial charge on any atom is 0.324 e. The van der Waals surface area contributed by atoms with Gasteiger partial charge in [-0.3, -0.25) is 0 Å². The Morgan fingerprint density at radius 3 is 2.86 bits per heavy atom. The number of rotatable bonds is 2. The van der Waals surface area contributed by atoms with Crippen LogP contribution in [0.1, 0.15) is 0 Å². The molecule has 0 saturated carbocycles. The van der Waals surface area contributed by atoms with Crippen LogP contribution in [-0.2, 0) is 0 Å². The number of hydrogen-bond acceptors (Lipinski definition) is 3. The third kappa shape index (κ3) is 1.28. The molecular formula is C10H11BO3. The van der Waals surface area contributed by atoms with E-state index in [1.807, 2.05) is 18.2 Å². The molecule has 1 aromatic heterocycles. The second-order valence-corrected chi connectivity index (χ2v) is 3.20. The number of furan rings is 1. The van der Waals surface area contributed by atoms with Gasteiger partial charge in [-0.15, -0.1) is 0 Å². The van der Waals surface area contributed by atoms with E-state index >= 15 is 0 Å². The first-order valence-corrected chi connectivity index (χ1v) is 4.46. The van der Waals surface area contributed by atoms with Crippen molar-refractivity contribution in [2.24, 2.45) is 0 Å². The van der Waals surface area contributed by atoms with Crippen LogP contribution in [0.2, 0.25) is 6.82 Å². The van der Waals surface area contributed by atoms with Crippen molar-refractivity contribution in [3.05, 3.63) is 24.5 Å². The predicted molar refractivity (Wildman–Crippen MR) is 56.2 cm³/mol. The van der Waals surface area contributed by atoms with E-state index in [1.165, 1.54) is 0 Å². The number of ether oxygens (including phenoxy) is 1. The minimum atomic E-state index is -0.525. The highest BCUT2D eigenvalue weighted by atomic mass is 16.5. The van der Waals surface area contributed by atoms with Crippen LogP contribution < -0.4 is 10.2 Å². The third-order valence-electron chi connectivity index (χ3n) is 2.26. The number of para-hydroxylation sites is 1. The van der Waals surface area contributed by atoms with Crippen molar-refractivity contribution < 1.29 is 14.2 Å². The second kappa shape index (κ2) is 3.38. The van der Waals surface area contributed by atoms with Crippen molar-refractivity contribution in [1.82, 2.24) is 0 Å². The van der Waals surface area contributed by atoms with Crippen LogP contribution in [0.5, 0.6) is 5.75 Å². The quantitative estimate of drug-likeness (QED) is 0.724. The average Bonchev–Trinajstić information content (AvgIpc) is 2.60. The molecule has 0 saturated heterocycles. The Morgan fingerprint density at radius 1 is 1.43 bits per heavy atom. The molecule has 3 nitrogen and oxygen atoms in total. The van der Waals surface area contributed by atoms with Crippen LogP contribution in [0, 0.1) is 0 Å². The standard InChI is InChI=1S/C10H11BO3/c1-11(12)8-6-14-10-7(8)4-3-5-9(10)13-2/h3-6,12H,1-2H3. The smallest absolute Gasteiger partial charge is 0.324 e. The maximum absolute atomic E-state index is 9.47. The Morgan fingerprint density at radius 2 is 2.21 bits per heavy atom. The van der Waals surface area contributed by atoms with Crippen LogP contribution in [-0.4, -0.2) is 19.0 Å². The summed E-state index contributed by atoms with van der Waals surface area (Å²) in [6, 6.07) is 5.61. The highest BCUT2D eigenvalue weighted by molar-refractivity contribution is 6.67. The lowest BCUT2D eigenvalue weighted by Crippen LogP contribution is -2.24. The fraction of sp³-hybridized carbons (Fsp3) is 0.200. The van der Waals surface area contributed by atoms with Gasteiger partial charge in [0.25, 0.3) is 0 Å². The summed E-state index contributed by atoms with van der Waals surface area (Å²) in [5, 5.41) is 10.4. The Labute approximate surface area is 82.4 Å². The summed E-state index contributed by atoms with van der Waals surface area (Å²) >= 11 is 0. The fourth-order valence-corrected chi connectivity index (χ4v) is 1.53. The molecule has 0 amide bonds. The molecule has 1 heterocycles. The van der Waals surface area contributed by atoms with Gasteiger partial charge in [-0.25, -0.2) is 0 Å². The van der Waals surface area contributed by atoms with E-state index in [0.717, 1.165) is 10.8 Å². The third-order valence-corrected chi connectivity index (χ3v) is 2.26. The lowest BCUT2D eigenvalue weighted by Gasteiger charge is -2.00. The lowest BCUT2D eigenvalue weighted by molar-refractivity contribution is 0.410. The highest BCUT2D eigenvalue weighted by Crippen LogP contribution is 2.24. The first-order chi connectivity index (χ1) is 6.74. The van der Waals surface area contributed by atoms with E-state index in [4.69, 9.17) is 9.15 Å². The van der Waals surface area contributed by atoms with Crippen molar-refractivity contribution in [2.75, 3.05) is 7.11 Å². The summed E-state index contributed by atoms with van der Waals surface area (Å²) < 4.78 is 10.5. The largest absolute Gasteiger partial charge is 0.493 e.